The second-order valence-electron chi connectivity index (χ2n) is 7.22. The van der Waals surface area contributed by atoms with E-state index in [1.165, 1.54) is 24.3 Å². The molecule has 0 spiro atoms. The van der Waals surface area contributed by atoms with Crippen LogP contribution in [0.1, 0.15) is 44.1 Å². The predicted octanol–water partition coefficient (Wildman–Crippen LogP) is 3.56. The number of nitro groups is 1. The van der Waals surface area contributed by atoms with Gasteiger partial charge in [0.25, 0.3) is 11.4 Å². The van der Waals surface area contributed by atoms with Crippen molar-refractivity contribution in [1.82, 2.24) is 5.01 Å². The van der Waals surface area contributed by atoms with E-state index in [1.54, 1.807) is 0 Å². The first-order valence-corrected chi connectivity index (χ1v) is 9.05. The zero-order chi connectivity index (χ0) is 20.5. The molecule has 1 amide bonds. The number of nitro benzene ring substituents is 1. The lowest BCUT2D eigenvalue weighted by Crippen LogP contribution is -2.57. The summed E-state index contributed by atoms with van der Waals surface area (Å²) < 4.78 is 40.8. The molecule has 1 saturated carbocycles. The molecule has 10 heteroatoms. The van der Waals surface area contributed by atoms with Crippen molar-refractivity contribution in [2.24, 2.45) is 11.0 Å². The van der Waals surface area contributed by atoms with Crippen LogP contribution in [0.25, 0.3) is 0 Å². The molecule has 1 aromatic rings. The molecule has 1 unspecified atom stereocenters. The van der Waals surface area contributed by atoms with E-state index >= 15 is 0 Å². The average Bonchev–Trinajstić information content (AvgIpc) is 3.02. The van der Waals surface area contributed by atoms with Crippen LogP contribution in [-0.2, 0) is 11.2 Å². The summed E-state index contributed by atoms with van der Waals surface area (Å²) in [5.41, 5.74) is -3.06. The van der Waals surface area contributed by atoms with Crippen LogP contribution in [0.5, 0.6) is 0 Å². The molecule has 1 aromatic carbocycles. The molecule has 1 heterocycles. The van der Waals surface area contributed by atoms with Crippen LogP contribution in [0.15, 0.2) is 29.4 Å². The standard InChI is InChI=1S/C18H20F3N3O4/c19-18(20,21)17(26)11-15(13-4-2-1-3-5-13)22-23(17)16(25)10-12-6-8-14(9-7-12)24(27)28/h6-9,13,26H,1-5,10-11H2. The molecule has 0 bridgehead atoms. The van der Waals surface area contributed by atoms with E-state index in [9.17, 15) is 33.2 Å². The van der Waals surface area contributed by atoms with Crippen LogP contribution >= 0.6 is 0 Å². The predicted molar refractivity (Wildman–Crippen MR) is 93.3 cm³/mol. The number of alkyl halides is 3. The monoisotopic (exact) mass is 399 g/mol. The fourth-order valence-corrected chi connectivity index (χ4v) is 3.70. The van der Waals surface area contributed by atoms with Gasteiger partial charge in [0.1, 0.15) is 0 Å². The summed E-state index contributed by atoms with van der Waals surface area (Å²) >= 11 is 0. The Balaban J connectivity index is 1.83. The van der Waals surface area contributed by atoms with Crippen molar-refractivity contribution in [2.75, 3.05) is 0 Å². The first kappa shape index (κ1) is 20.2. The zero-order valence-corrected chi connectivity index (χ0v) is 15.0. The highest BCUT2D eigenvalue weighted by Gasteiger charge is 2.63. The first-order chi connectivity index (χ1) is 13.1. The minimum Gasteiger partial charge on any atom is -0.362 e. The first-order valence-electron chi connectivity index (χ1n) is 9.05. The SMILES string of the molecule is O=C(Cc1ccc([N+](=O)[O-])cc1)N1N=C(C2CCCCC2)CC1(O)C(F)(F)F. The molecule has 0 aromatic heterocycles. The molecule has 1 aliphatic heterocycles. The van der Waals surface area contributed by atoms with Gasteiger partial charge in [-0.15, -0.1) is 0 Å². The van der Waals surface area contributed by atoms with Crippen LogP contribution in [0.3, 0.4) is 0 Å². The number of hydrazone groups is 1. The molecule has 152 valence electrons. The Morgan fingerprint density at radius 2 is 1.86 bits per heavy atom. The summed E-state index contributed by atoms with van der Waals surface area (Å²) in [5, 5.41) is 25.1. The summed E-state index contributed by atoms with van der Waals surface area (Å²) in [6, 6.07) is 4.92. The second kappa shape index (κ2) is 7.50. The number of hydrogen-bond acceptors (Lipinski definition) is 5. The van der Waals surface area contributed by atoms with Gasteiger partial charge in [-0.1, -0.05) is 31.4 Å². The van der Waals surface area contributed by atoms with Gasteiger partial charge in [-0.3, -0.25) is 14.9 Å². The number of rotatable bonds is 4. The lowest BCUT2D eigenvalue weighted by atomic mass is 9.83. The summed E-state index contributed by atoms with van der Waals surface area (Å²) in [6.07, 6.45) is -2.11. The van der Waals surface area contributed by atoms with Gasteiger partial charge in [0.2, 0.25) is 5.91 Å². The number of aliphatic hydroxyl groups is 1. The zero-order valence-electron chi connectivity index (χ0n) is 15.0. The van der Waals surface area contributed by atoms with Crippen molar-refractivity contribution in [3.8, 4) is 0 Å². The smallest absolute Gasteiger partial charge is 0.362 e. The van der Waals surface area contributed by atoms with Crippen molar-refractivity contribution in [2.45, 2.75) is 56.8 Å². The number of hydrogen-bond donors (Lipinski definition) is 1. The molecular formula is C18H20F3N3O4. The number of nitrogens with zero attached hydrogens (tertiary/aromatic N) is 3. The fraction of sp³-hybridized carbons (Fsp3) is 0.556. The summed E-state index contributed by atoms with van der Waals surface area (Å²) in [4.78, 5) is 22.6. The molecule has 1 atom stereocenters. The van der Waals surface area contributed by atoms with Crippen LogP contribution in [0.4, 0.5) is 18.9 Å². The summed E-state index contributed by atoms with van der Waals surface area (Å²) in [6.45, 7) is 0. The van der Waals surface area contributed by atoms with E-state index in [2.05, 4.69) is 5.10 Å². The Morgan fingerprint density at radius 3 is 2.39 bits per heavy atom. The van der Waals surface area contributed by atoms with E-state index in [-0.39, 0.29) is 22.3 Å². The lowest BCUT2D eigenvalue weighted by molar-refractivity contribution is -0.384. The number of non-ortho nitro benzene ring substituents is 1. The highest BCUT2D eigenvalue weighted by Crippen LogP contribution is 2.43. The lowest BCUT2D eigenvalue weighted by Gasteiger charge is -2.32. The van der Waals surface area contributed by atoms with Crippen LogP contribution in [0, 0.1) is 16.0 Å². The molecule has 7 nitrogen and oxygen atoms in total. The third-order valence-corrected chi connectivity index (χ3v) is 5.28. The van der Waals surface area contributed by atoms with Gasteiger partial charge in [-0.05, 0) is 24.3 Å². The van der Waals surface area contributed by atoms with Crippen molar-refractivity contribution in [3.05, 3.63) is 39.9 Å². The minimum atomic E-state index is -5.06. The number of amides is 1. The number of benzene rings is 1. The van der Waals surface area contributed by atoms with Gasteiger partial charge in [0, 0.05) is 24.3 Å². The molecule has 0 saturated heterocycles. The molecular weight excluding hydrogens is 379 g/mol. The van der Waals surface area contributed by atoms with Crippen molar-refractivity contribution in [3.63, 3.8) is 0 Å². The second-order valence-corrected chi connectivity index (χ2v) is 7.22. The maximum absolute atomic E-state index is 13.6. The Hall–Kier alpha value is -2.49. The third kappa shape index (κ3) is 3.87. The quantitative estimate of drug-likeness (QED) is 0.619. The molecule has 0 radical (unpaired) electrons. The summed E-state index contributed by atoms with van der Waals surface area (Å²) in [5.74, 6) is -1.18. The topological polar surface area (TPSA) is 96.0 Å². The van der Waals surface area contributed by atoms with Gasteiger partial charge in [-0.2, -0.15) is 23.3 Å². The highest BCUT2D eigenvalue weighted by molar-refractivity contribution is 5.92. The van der Waals surface area contributed by atoms with E-state index in [1.807, 2.05) is 0 Å². The maximum Gasteiger partial charge on any atom is 0.438 e. The van der Waals surface area contributed by atoms with E-state index in [0.717, 1.165) is 19.3 Å². The van der Waals surface area contributed by atoms with Gasteiger partial charge in [0.15, 0.2) is 0 Å². The minimum absolute atomic E-state index is 0.151. The van der Waals surface area contributed by atoms with Crippen LogP contribution in [-0.4, -0.2) is 38.6 Å². The average molecular weight is 399 g/mol. The van der Waals surface area contributed by atoms with Crippen LogP contribution < -0.4 is 0 Å². The Bertz CT molecular complexity index is 788. The molecule has 2 aliphatic rings. The van der Waals surface area contributed by atoms with Gasteiger partial charge < -0.3 is 5.11 Å². The third-order valence-electron chi connectivity index (χ3n) is 5.28. The molecule has 1 N–H and O–H groups in total. The Labute approximate surface area is 159 Å². The number of halogens is 3. The van der Waals surface area contributed by atoms with Crippen molar-refractivity contribution < 1.29 is 28.0 Å². The summed E-state index contributed by atoms with van der Waals surface area (Å²) in [7, 11) is 0. The van der Waals surface area contributed by atoms with E-state index in [4.69, 9.17) is 0 Å². The highest BCUT2D eigenvalue weighted by atomic mass is 19.4. The fourth-order valence-electron chi connectivity index (χ4n) is 3.70. The molecule has 28 heavy (non-hydrogen) atoms. The molecule has 1 fully saturated rings. The van der Waals surface area contributed by atoms with Crippen molar-refractivity contribution >= 4 is 17.3 Å². The number of carbonyl (C=O) groups excluding carboxylic acids is 1. The number of carbonyl (C=O) groups is 1. The van der Waals surface area contributed by atoms with Gasteiger partial charge >= 0.3 is 6.18 Å². The van der Waals surface area contributed by atoms with Crippen LogP contribution in [0.2, 0.25) is 0 Å². The molecule has 1 aliphatic carbocycles. The van der Waals surface area contributed by atoms with Gasteiger partial charge in [0.05, 0.1) is 11.3 Å². The van der Waals surface area contributed by atoms with E-state index in [0.29, 0.717) is 18.4 Å². The van der Waals surface area contributed by atoms with E-state index < -0.39 is 35.6 Å². The Kier molecular flexibility index (Phi) is 5.42. The normalized spacial score (nSPS) is 23.6. The van der Waals surface area contributed by atoms with Crippen molar-refractivity contribution in [1.29, 1.82) is 0 Å². The largest absolute Gasteiger partial charge is 0.438 e. The Morgan fingerprint density at radius 1 is 1.25 bits per heavy atom. The maximum atomic E-state index is 13.6. The van der Waals surface area contributed by atoms with Gasteiger partial charge in [-0.25, -0.2) is 0 Å². The molecule has 3 rings (SSSR count).